The van der Waals surface area contributed by atoms with Gasteiger partial charge < -0.3 is 0 Å². The summed E-state index contributed by atoms with van der Waals surface area (Å²) in [6.45, 7) is 0. The van der Waals surface area contributed by atoms with Crippen molar-refractivity contribution in [1.82, 2.24) is 9.97 Å². The average Bonchev–Trinajstić information content (AvgIpc) is 2.05. The molecule has 3 heteroatoms. The maximum absolute atomic E-state index is 8.96. The van der Waals surface area contributed by atoms with E-state index in [0.29, 0.717) is 5.82 Å². The Labute approximate surface area is 71.1 Å². The number of rotatable bonds is 1. The molecule has 0 unspecified atom stereocenters. The molecule has 0 bridgehead atoms. The Morgan fingerprint density at radius 1 is 1.33 bits per heavy atom. The molecule has 12 heavy (non-hydrogen) atoms. The number of nitriles is 1. The molecule has 0 N–H and O–H groups in total. The number of hydrogen-bond donors (Lipinski definition) is 0. The van der Waals surface area contributed by atoms with Gasteiger partial charge in [0.05, 0.1) is 6.07 Å². The van der Waals surface area contributed by atoms with Crippen LogP contribution in [-0.2, 0) is 5.41 Å². The second-order valence-electron chi connectivity index (χ2n) is 3.12. The normalized spacial score (nSPS) is 19.2. The molecule has 1 saturated carbocycles. The van der Waals surface area contributed by atoms with Crippen LogP contribution in [0.4, 0.5) is 0 Å². The van der Waals surface area contributed by atoms with E-state index in [2.05, 4.69) is 16.0 Å². The predicted molar refractivity (Wildman–Crippen MR) is 43.2 cm³/mol. The first kappa shape index (κ1) is 7.23. The minimum atomic E-state index is -0.360. The Morgan fingerprint density at radius 3 is 2.42 bits per heavy atom. The molecule has 1 aliphatic carbocycles. The van der Waals surface area contributed by atoms with Crippen LogP contribution in [0.25, 0.3) is 0 Å². The van der Waals surface area contributed by atoms with Crippen molar-refractivity contribution in [3.05, 3.63) is 24.3 Å². The van der Waals surface area contributed by atoms with E-state index in [4.69, 9.17) is 5.26 Å². The van der Waals surface area contributed by atoms with Gasteiger partial charge in [0.15, 0.2) is 0 Å². The summed E-state index contributed by atoms with van der Waals surface area (Å²) in [7, 11) is 0. The minimum absolute atomic E-state index is 0.360. The van der Waals surface area contributed by atoms with E-state index in [9.17, 15) is 0 Å². The van der Waals surface area contributed by atoms with Crippen molar-refractivity contribution in [3.8, 4) is 6.07 Å². The van der Waals surface area contributed by atoms with Gasteiger partial charge >= 0.3 is 0 Å². The maximum atomic E-state index is 8.96. The Hall–Kier alpha value is -1.43. The lowest BCUT2D eigenvalue weighted by Crippen LogP contribution is -2.34. The summed E-state index contributed by atoms with van der Waals surface area (Å²) < 4.78 is 0. The minimum Gasteiger partial charge on any atom is -0.240 e. The Morgan fingerprint density at radius 2 is 2.00 bits per heavy atom. The zero-order chi connectivity index (χ0) is 8.44. The highest BCUT2D eigenvalue weighted by Gasteiger charge is 2.41. The quantitative estimate of drug-likeness (QED) is 0.622. The topological polar surface area (TPSA) is 49.6 Å². The molecular weight excluding hydrogens is 150 g/mol. The van der Waals surface area contributed by atoms with Gasteiger partial charge in [-0.1, -0.05) is 0 Å². The maximum Gasteiger partial charge on any atom is 0.148 e. The van der Waals surface area contributed by atoms with Crippen LogP contribution < -0.4 is 0 Å². The zero-order valence-corrected chi connectivity index (χ0v) is 6.70. The summed E-state index contributed by atoms with van der Waals surface area (Å²) in [6, 6.07) is 4.08. The van der Waals surface area contributed by atoms with Gasteiger partial charge in [-0.2, -0.15) is 5.26 Å². The first-order chi connectivity index (χ1) is 5.87. The molecular formula is C9H9N3. The lowest BCUT2D eigenvalue weighted by atomic mass is 9.69. The molecule has 0 amide bonds. The third-order valence-electron chi connectivity index (χ3n) is 2.41. The molecule has 1 aliphatic rings. The van der Waals surface area contributed by atoms with E-state index < -0.39 is 0 Å². The van der Waals surface area contributed by atoms with Crippen LogP contribution in [0.5, 0.6) is 0 Å². The molecule has 0 aromatic carbocycles. The van der Waals surface area contributed by atoms with Crippen LogP contribution >= 0.6 is 0 Å². The first-order valence-corrected chi connectivity index (χ1v) is 4.06. The van der Waals surface area contributed by atoms with Crippen molar-refractivity contribution < 1.29 is 0 Å². The molecule has 0 atom stereocenters. The smallest absolute Gasteiger partial charge is 0.148 e. The van der Waals surface area contributed by atoms with E-state index in [0.717, 1.165) is 19.3 Å². The van der Waals surface area contributed by atoms with Crippen molar-refractivity contribution in [2.75, 3.05) is 0 Å². The van der Waals surface area contributed by atoms with Crippen LogP contribution in [0, 0.1) is 11.3 Å². The Bertz CT molecular complexity index is 308. The molecule has 2 rings (SSSR count). The van der Waals surface area contributed by atoms with Gasteiger partial charge in [0, 0.05) is 12.4 Å². The lowest BCUT2D eigenvalue weighted by molar-refractivity contribution is 0.307. The lowest BCUT2D eigenvalue weighted by Gasteiger charge is -2.32. The predicted octanol–water partition coefficient (Wildman–Crippen LogP) is 1.42. The highest BCUT2D eigenvalue weighted by atomic mass is 14.9. The van der Waals surface area contributed by atoms with Gasteiger partial charge in [0.1, 0.15) is 11.2 Å². The third kappa shape index (κ3) is 0.884. The first-order valence-electron chi connectivity index (χ1n) is 4.06. The van der Waals surface area contributed by atoms with Crippen LogP contribution in [0.15, 0.2) is 18.5 Å². The van der Waals surface area contributed by atoms with E-state index >= 15 is 0 Å². The van der Waals surface area contributed by atoms with Crippen molar-refractivity contribution in [1.29, 1.82) is 5.26 Å². The molecule has 60 valence electrons. The van der Waals surface area contributed by atoms with Gasteiger partial charge in [-0.3, -0.25) is 0 Å². The Kier molecular flexibility index (Phi) is 1.54. The molecule has 0 radical (unpaired) electrons. The van der Waals surface area contributed by atoms with Gasteiger partial charge in [0.2, 0.25) is 0 Å². The van der Waals surface area contributed by atoms with E-state index in [1.54, 1.807) is 18.5 Å². The van der Waals surface area contributed by atoms with E-state index in [1.165, 1.54) is 0 Å². The van der Waals surface area contributed by atoms with Gasteiger partial charge in [0.25, 0.3) is 0 Å². The monoisotopic (exact) mass is 159 g/mol. The summed E-state index contributed by atoms with van der Waals surface area (Å²) in [4.78, 5) is 8.22. The third-order valence-corrected chi connectivity index (χ3v) is 2.41. The summed E-state index contributed by atoms with van der Waals surface area (Å²) >= 11 is 0. The Balaban J connectivity index is 2.36. The second-order valence-corrected chi connectivity index (χ2v) is 3.12. The van der Waals surface area contributed by atoms with Crippen LogP contribution in [-0.4, -0.2) is 9.97 Å². The van der Waals surface area contributed by atoms with Gasteiger partial charge in [-0.15, -0.1) is 0 Å². The number of aromatic nitrogens is 2. The number of hydrogen-bond acceptors (Lipinski definition) is 3. The van der Waals surface area contributed by atoms with E-state index in [1.807, 2.05) is 0 Å². The van der Waals surface area contributed by atoms with Gasteiger partial charge in [-0.25, -0.2) is 9.97 Å². The summed E-state index contributed by atoms with van der Waals surface area (Å²) in [6.07, 6.45) is 6.33. The molecule has 1 fully saturated rings. The molecule has 1 heterocycles. The SMILES string of the molecule is N#CC1(c2ncccn2)CCC1. The molecule has 0 saturated heterocycles. The summed E-state index contributed by atoms with van der Waals surface area (Å²) in [5.74, 6) is 0.693. The molecule has 0 aliphatic heterocycles. The fourth-order valence-corrected chi connectivity index (χ4v) is 1.46. The standard InChI is InChI=1S/C9H9N3/c10-7-9(3-1-4-9)8-11-5-2-6-12-8/h2,5-6H,1,3-4H2. The van der Waals surface area contributed by atoms with Gasteiger partial charge in [-0.05, 0) is 25.3 Å². The fourth-order valence-electron chi connectivity index (χ4n) is 1.46. The summed E-state index contributed by atoms with van der Waals surface area (Å²) in [5.41, 5.74) is -0.360. The zero-order valence-electron chi connectivity index (χ0n) is 6.70. The highest BCUT2D eigenvalue weighted by molar-refractivity contribution is 5.24. The van der Waals surface area contributed by atoms with E-state index in [-0.39, 0.29) is 5.41 Å². The molecule has 1 aromatic heterocycles. The van der Waals surface area contributed by atoms with Crippen LogP contribution in [0.2, 0.25) is 0 Å². The average molecular weight is 159 g/mol. The van der Waals surface area contributed by atoms with Crippen molar-refractivity contribution in [3.63, 3.8) is 0 Å². The van der Waals surface area contributed by atoms with Crippen LogP contribution in [0.1, 0.15) is 25.1 Å². The summed E-state index contributed by atoms with van der Waals surface area (Å²) in [5, 5.41) is 8.96. The van der Waals surface area contributed by atoms with Crippen molar-refractivity contribution >= 4 is 0 Å². The number of nitrogens with zero attached hydrogens (tertiary/aromatic N) is 3. The molecule has 1 aromatic rings. The fraction of sp³-hybridized carbons (Fsp3) is 0.444. The largest absolute Gasteiger partial charge is 0.240 e. The van der Waals surface area contributed by atoms with Crippen LogP contribution in [0.3, 0.4) is 0 Å². The van der Waals surface area contributed by atoms with Crippen molar-refractivity contribution in [2.45, 2.75) is 24.7 Å². The highest BCUT2D eigenvalue weighted by Crippen LogP contribution is 2.40. The second kappa shape index (κ2) is 2.56. The van der Waals surface area contributed by atoms with Crippen molar-refractivity contribution in [2.24, 2.45) is 0 Å². The molecule has 3 nitrogen and oxygen atoms in total. The molecule has 0 spiro atoms.